The number of rotatable bonds is 7. The van der Waals surface area contributed by atoms with Gasteiger partial charge >= 0.3 is 9.04 Å². The van der Waals surface area contributed by atoms with E-state index in [4.69, 9.17) is 4.43 Å². The van der Waals surface area contributed by atoms with Gasteiger partial charge in [0, 0.05) is 6.20 Å². The van der Waals surface area contributed by atoms with E-state index in [-0.39, 0.29) is 5.41 Å². The molecule has 1 heterocycles. The first-order valence-electron chi connectivity index (χ1n) is 11.8. The molecule has 4 heteroatoms. The lowest BCUT2D eigenvalue weighted by Crippen LogP contribution is -2.47. The van der Waals surface area contributed by atoms with Crippen molar-refractivity contribution in [1.29, 1.82) is 0 Å². The number of nitrogens with zero attached hydrogens (tertiary/aromatic N) is 1. The van der Waals surface area contributed by atoms with Crippen molar-refractivity contribution in [2.45, 2.75) is 45.1 Å². The minimum absolute atomic E-state index is 0.101. The highest BCUT2D eigenvalue weighted by molar-refractivity contribution is 6.80. The average molecular weight is 467 g/mol. The number of aliphatic hydroxyl groups is 1. The zero-order valence-electron chi connectivity index (χ0n) is 20.3. The van der Waals surface area contributed by atoms with Gasteiger partial charge in [-0.1, -0.05) is 100 Å². The van der Waals surface area contributed by atoms with E-state index in [0.29, 0.717) is 12.1 Å². The second-order valence-electron chi connectivity index (χ2n) is 9.58. The van der Waals surface area contributed by atoms with Crippen LogP contribution in [0.1, 0.15) is 50.9 Å². The van der Waals surface area contributed by atoms with Crippen molar-refractivity contribution >= 4 is 19.4 Å². The van der Waals surface area contributed by atoms with Gasteiger partial charge in [0.25, 0.3) is 0 Å². The van der Waals surface area contributed by atoms with E-state index < -0.39 is 14.6 Å². The molecule has 3 aromatic carbocycles. The van der Waals surface area contributed by atoms with Gasteiger partial charge in [-0.2, -0.15) is 0 Å². The highest BCUT2D eigenvalue weighted by Gasteiger charge is 2.31. The SMILES string of the molecule is CCC(O)(c1cccc(O[Si](c2ccccc2)c2ccc(C(C)(C)C)cc2)c1)c1ccccn1. The molecule has 1 unspecified atom stereocenters. The predicted octanol–water partition coefficient (Wildman–Crippen LogP) is 5.21. The lowest BCUT2D eigenvalue weighted by Gasteiger charge is -2.27. The molecule has 34 heavy (non-hydrogen) atoms. The Labute approximate surface area is 204 Å². The number of aromatic nitrogens is 1. The number of benzene rings is 3. The molecule has 0 amide bonds. The monoisotopic (exact) mass is 466 g/mol. The van der Waals surface area contributed by atoms with Crippen molar-refractivity contribution in [2.24, 2.45) is 0 Å². The van der Waals surface area contributed by atoms with Crippen LogP contribution < -0.4 is 14.8 Å². The third kappa shape index (κ3) is 5.14. The molecule has 1 radical (unpaired) electrons. The van der Waals surface area contributed by atoms with Crippen LogP contribution in [0.5, 0.6) is 5.75 Å². The smallest absolute Gasteiger partial charge is 0.352 e. The Balaban J connectivity index is 1.70. The molecule has 0 spiro atoms. The Kier molecular flexibility index (Phi) is 7.01. The Morgan fingerprint density at radius 2 is 1.44 bits per heavy atom. The van der Waals surface area contributed by atoms with Gasteiger partial charge in [0.2, 0.25) is 0 Å². The maximum atomic E-state index is 11.6. The standard InChI is InChI=1S/C30H32NO2Si/c1-5-30(32,28-16-9-10-21-31-28)24-12-11-13-25(22-24)33-34(26-14-7-6-8-15-26)27-19-17-23(18-20-27)29(2,3)4/h6-22,32H,5H2,1-4H3. The van der Waals surface area contributed by atoms with Crippen LogP contribution in [0.25, 0.3) is 0 Å². The summed E-state index contributed by atoms with van der Waals surface area (Å²) < 4.78 is 6.70. The zero-order chi connectivity index (χ0) is 24.2. The van der Waals surface area contributed by atoms with E-state index in [1.807, 2.05) is 55.5 Å². The lowest BCUT2D eigenvalue weighted by molar-refractivity contribution is 0.0717. The Hall–Kier alpha value is -3.21. The molecule has 3 nitrogen and oxygen atoms in total. The quantitative estimate of drug-likeness (QED) is 0.380. The molecule has 0 bridgehead atoms. The van der Waals surface area contributed by atoms with E-state index in [0.717, 1.165) is 11.3 Å². The van der Waals surface area contributed by atoms with Crippen LogP contribution in [-0.4, -0.2) is 19.1 Å². The van der Waals surface area contributed by atoms with Crippen molar-refractivity contribution < 1.29 is 9.53 Å². The Morgan fingerprint density at radius 3 is 2.06 bits per heavy atom. The molecule has 0 saturated carbocycles. The summed E-state index contributed by atoms with van der Waals surface area (Å²) in [7, 11) is -1.54. The van der Waals surface area contributed by atoms with Gasteiger partial charge in [-0.3, -0.25) is 4.98 Å². The summed E-state index contributed by atoms with van der Waals surface area (Å²) in [5, 5.41) is 13.9. The van der Waals surface area contributed by atoms with Gasteiger partial charge in [0.15, 0.2) is 0 Å². The molecule has 4 rings (SSSR count). The first kappa shape index (κ1) is 23.9. The van der Waals surface area contributed by atoms with Gasteiger partial charge in [0.1, 0.15) is 11.4 Å². The zero-order valence-corrected chi connectivity index (χ0v) is 21.3. The van der Waals surface area contributed by atoms with Gasteiger partial charge in [-0.25, -0.2) is 0 Å². The summed E-state index contributed by atoms with van der Waals surface area (Å²) in [6.07, 6.45) is 2.23. The number of pyridine rings is 1. The van der Waals surface area contributed by atoms with Gasteiger partial charge in [-0.05, 0) is 57.6 Å². The van der Waals surface area contributed by atoms with Crippen LogP contribution in [0.15, 0.2) is 103 Å². The molecular weight excluding hydrogens is 434 g/mol. The van der Waals surface area contributed by atoms with Gasteiger partial charge < -0.3 is 9.53 Å². The van der Waals surface area contributed by atoms with Crippen molar-refractivity contribution in [1.82, 2.24) is 4.98 Å². The van der Waals surface area contributed by atoms with E-state index in [1.54, 1.807) is 6.20 Å². The third-order valence-electron chi connectivity index (χ3n) is 6.18. The van der Waals surface area contributed by atoms with Crippen molar-refractivity contribution in [2.75, 3.05) is 0 Å². The summed E-state index contributed by atoms with van der Waals surface area (Å²) in [6.45, 7) is 8.65. The largest absolute Gasteiger partial charge is 0.533 e. The number of hydrogen-bond donors (Lipinski definition) is 1. The molecule has 0 aliphatic rings. The summed E-state index contributed by atoms with van der Waals surface area (Å²) in [5.74, 6) is 0.748. The van der Waals surface area contributed by atoms with Crippen LogP contribution in [-0.2, 0) is 11.0 Å². The fraction of sp³-hybridized carbons (Fsp3) is 0.233. The topological polar surface area (TPSA) is 42.4 Å². The van der Waals surface area contributed by atoms with Crippen LogP contribution in [0.3, 0.4) is 0 Å². The van der Waals surface area contributed by atoms with E-state index in [1.165, 1.54) is 15.9 Å². The Morgan fingerprint density at radius 1 is 0.765 bits per heavy atom. The molecule has 0 fully saturated rings. The average Bonchev–Trinajstić information content (AvgIpc) is 2.87. The van der Waals surface area contributed by atoms with Gasteiger partial charge in [0.05, 0.1) is 5.69 Å². The van der Waals surface area contributed by atoms with Crippen LogP contribution in [0.2, 0.25) is 0 Å². The third-order valence-corrected chi connectivity index (χ3v) is 8.34. The second-order valence-corrected chi connectivity index (χ2v) is 11.6. The normalized spacial score (nSPS) is 13.5. The summed E-state index contributed by atoms with van der Waals surface area (Å²) in [4.78, 5) is 4.43. The summed E-state index contributed by atoms with van der Waals surface area (Å²) in [5.41, 5.74) is 1.65. The predicted molar refractivity (Wildman–Crippen MR) is 141 cm³/mol. The van der Waals surface area contributed by atoms with Crippen molar-refractivity contribution in [3.8, 4) is 5.75 Å². The van der Waals surface area contributed by atoms with Crippen molar-refractivity contribution in [3.63, 3.8) is 0 Å². The summed E-state index contributed by atoms with van der Waals surface area (Å²) in [6, 6.07) is 32.7. The molecule has 1 atom stereocenters. The molecule has 173 valence electrons. The fourth-order valence-electron chi connectivity index (χ4n) is 4.07. The lowest BCUT2D eigenvalue weighted by atomic mass is 9.87. The number of hydrogen-bond acceptors (Lipinski definition) is 3. The van der Waals surface area contributed by atoms with Gasteiger partial charge in [-0.15, -0.1) is 0 Å². The molecule has 1 aromatic heterocycles. The second kappa shape index (κ2) is 9.96. The van der Waals surface area contributed by atoms with Crippen LogP contribution in [0.4, 0.5) is 0 Å². The summed E-state index contributed by atoms with van der Waals surface area (Å²) >= 11 is 0. The highest BCUT2D eigenvalue weighted by Crippen LogP contribution is 2.33. The Bertz CT molecular complexity index is 1200. The highest BCUT2D eigenvalue weighted by atomic mass is 28.3. The van der Waals surface area contributed by atoms with E-state index in [9.17, 15) is 5.11 Å². The molecular formula is C30H32NO2Si. The molecule has 1 N–H and O–H groups in total. The molecule has 0 saturated heterocycles. The molecule has 4 aromatic rings. The van der Waals surface area contributed by atoms with E-state index >= 15 is 0 Å². The van der Waals surface area contributed by atoms with E-state index in [2.05, 4.69) is 74.3 Å². The van der Waals surface area contributed by atoms with Crippen LogP contribution in [0, 0.1) is 0 Å². The minimum atomic E-state index is -1.54. The fourth-order valence-corrected chi connectivity index (χ4v) is 5.97. The molecule has 0 aliphatic carbocycles. The maximum Gasteiger partial charge on any atom is 0.352 e. The maximum absolute atomic E-state index is 11.6. The first-order valence-corrected chi connectivity index (χ1v) is 13.2. The molecule has 0 aliphatic heterocycles. The first-order chi connectivity index (χ1) is 16.3. The van der Waals surface area contributed by atoms with Crippen LogP contribution >= 0.6 is 0 Å². The minimum Gasteiger partial charge on any atom is -0.533 e. The van der Waals surface area contributed by atoms with Crippen molar-refractivity contribution in [3.05, 3.63) is 120 Å².